The van der Waals surface area contributed by atoms with E-state index in [-0.39, 0.29) is 23.9 Å². The number of fused-ring (bicyclic) bond motifs is 1. The Morgan fingerprint density at radius 1 is 1.39 bits per heavy atom. The molecule has 0 saturated carbocycles. The molecule has 1 aliphatic rings. The first kappa shape index (κ1) is 15.7. The van der Waals surface area contributed by atoms with Crippen molar-refractivity contribution in [1.82, 2.24) is 20.8 Å². The molecule has 7 nitrogen and oxygen atoms in total. The smallest absolute Gasteiger partial charge is 0.273 e. The molecule has 2 aromatic rings. The van der Waals surface area contributed by atoms with E-state index in [9.17, 15) is 9.59 Å². The fourth-order valence-corrected chi connectivity index (χ4v) is 3.15. The van der Waals surface area contributed by atoms with Crippen LogP contribution in [0.4, 0.5) is 0 Å². The second kappa shape index (κ2) is 6.49. The molecule has 2 N–H and O–H groups in total. The highest BCUT2D eigenvalue weighted by Gasteiger charge is 2.29. The Kier molecular flexibility index (Phi) is 4.42. The van der Waals surface area contributed by atoms with Gasteiger partial charge in [0.15, 0.2) is 5.69 Å². The van der Waals surface area contributed by atoms with Gasteiger partial charge in [-0.3, -0.25) is 9.59 Å². The third kappa shape index (κ3) is 3.42. The maximum atomic E-state index is 12.2. The molecular formula is C15H18N4O3S. The van der Waals surface area contributed by atoms with Crippen LogP contribution in [-0.4, -0.2) is 34.0 Å². The number of nitrogens with zero attached hydrogens (tertiary/aromatic N) is 2. The maximum absolute atomic E-state index is 12.2. The molecule has 2 aromatic heterocycles. The van der Waals surface area contributed by atoms with Crippen LogP contribution in [0.25, 0.3) is 0 Å². The third-order valence-electron chi connectivity index (χ3n) is 3.67. The number of nitrogens with one attached hydrogen (secondary N) is 2. The Morgan fingerprint density at radius 2 is 2.22 bits per heavy atom. The Balaban J connectivity index is 1.71. The quantitative estimate of drug-likeness (QED) is 0.884. The van der Waals surface area contributed by atoms with Gasteiger partial charge in [-0.2, -0.15) is 0 Å². The summed E-state index contributed by atoms with van der Waals surface area (Å²) in [4.78, 5) is 28.3. The molecular weight excluding hydrogens is 316 g/mol. The molecule has 23 heavy (non-hydrogen) atoms. The van der Waals surface area contributed by atoms with E-state index in [0.717, 1.165) is 17.7 Å². The number of thiazole rings is 1. The van der Waals surface area contributed by atoms with Gasteiger partial charge in [-0.1, -0.05) is 5.16 Å². The van der Waals surface area contributed by atoms with Crippen LogP contribution in [0.2, 0.25) is 0 Å². The lowest BCUT2D eigenvalue weighted by Gasteiger charge is -2.22. The lowest BCUT2D eigenvalue weighted by molar-refractivity contribution is 0.0925. The highest BCUT2D eigenvalue weighted by molar-refractivity contribution is 7.07. The van der Waals surface area contributed by atoms with E-state index in [1.165, 1.54) is 11.3 Å². The van der Waals surface area contributed by atoms with Gasteiger partial charge in [0.2, 0.25) is 0 Å². The van der Waals surface area contributed by atoms with Crippen LogP contribution in [0.3, 0.4) is 0 Å². The molecule has 0 spiro atoms. The monoisotopic (exact) mass is 334 g/mol. The molecule has 3 rings (SSSR count). The van der Waals surface area contributed by atoms with E-state index in [4.69, 9.17) is 4.52 Å². The third-order valence-corrected chi connectivity index (χ3v) is 4.26. The van der Waals surface area contributed by atoms with Crippen molar-refractivity contribution in [2.24, 2.45) is 0 Å². The molecule has 0 aliphatic heterocycles. The summed E-state index contributed by atoms with van der Waals surface area (Å²) in [5.74, 6) is 0.305. The van der Waals surface area contributed by atoms with E-state index in [1.807, 2.05) is 13.8 Å². The Labute approximate surface area is 137 Å². The number of carbonyl (C=O) groups excluding carboxylic acids is 2. The van der Waals surface area contributed by atoms with Gasteiger partial charge in [-0.15, -0.1) is 11.3 Å². The molecule has 1 aliphatic carbocycles. The second-order valence-corrected chi connectivity index (χ2v) is 6.57. The van der Waals surface area contributed by atoms with Crippen molar-refractivity contribution in [1.29, 1.82) is 0 Å². The number of hydrogen-bond acceptors (Lipinski definition) is 6. The van der Waals surface area contributed by atoms with E-state index in [1.54, 1.807) is 10.9 Å². The molecule has 0 saturated heterocycles. The molecule has 0 fully saturated rings. The van der Waals surface area contributed by atoms with Gasteiger partial charge in [0.1, 0.15) is 11.5 Å². The molecule has 122 valence electrons. The van der Waals surface area contributed by atoms with Crippen molar-refractivity contribution in [3.05, 3.63) is 33.6 Å². The summed E-state index contributed by atoms with van der Waals surface area (Å²) in [6.07, 6.45) is 1.94. The predicted octanol–water partition coefficient (Wildman–Crippen LogP) is 1.56. The zero-order valence-electron chi connectivity index (χ0n) is 13.0. The minimum atomic E-state index is -0.239. The normalized spacial score (nSPS) is 16.9. The Bertz CT molecular complexity index is 708. The maximum Gasteiger partial charge on any atom is 0.273 e. The van der Waals surface area contributed by atoms with Crippen LogP contribution >= 0.6 is 11.3 Å². The van der Waals surface area contributed by atoms with E-state index >= 15 is 0 Å². The molecule has 0 radical (unpaired) electrons. The topological polar surface area (TPSA) is 97.1 Å². The molecule has 2 heterocycles. The minimum absolute atomic E-state index is 0.0265. The van der Waals surface area contributed by atoms with Gasteiger partial charge in [0.05, 0.1) is 5.51 Å². The summed E-state index contributed by atoms with van der Waals surface area (Å²) < 4.78 is 5.28. The number of aromatic nitrogens is 2. The standard InChI is InChI=1S/C15H18N4O3S/c1-8(2)17-15(21)13-10-5-9(3-4-12(10)22-19-13)18-14(20)11-6-23-7-16-11/h6-9H,3-5H2,1-2H3,(H,17,21)(H,18,20). The van der Waals surface area contributed by atoms with Crippen molar-refractivity contribution >= 4 is 23.2 Å². The number of amides is 2. The highest BCUT2D eigenvalue weighted by Crippen LogP contribution is 2.25. The first-order valence-corrected chi connectivity index (χ1v) is 8.46. The first-order chi connectivity index (χ1) is 11.0. The van der Waals surface area contributed by atoms with Crippen LogP contribution in [0.5, 0.6) is 0 Å². The zero-order chi connectivity index (χ0) is 16.4. The number of carbonyl (C=O) groups is 2. The lowest BCUT2D eigenvalue weighted by Crippen LogP contribution is -2.39. The van der Waals surface area contributed by atoms with Crippen LogP contribution < -0.4 is 10.6 Å². The number of rotatable bonds is 4. The summed E-state index contributed by atoms with van der Waals surface area (Å²) in [7, 11) is 0. The Hall–Kier alpha value is -2.22. The van der Waals surface area contributed by atoms with Crippen molar-refractivity contribution < 1.29 is 14.1 Å². The largest absolute Gasteiger partial charge is 0.360 e. The molecule has 0 bridgehead atoms. The fraction of sp³-hybridized carbons (Fsp3) is 0.467. The van der Waals surface area contributed by atoms with Gasteiger partial charge in [-0.25, -0.2) is 4.98 Å². The molecule has 0 aromatic carbocycles. The summed E-state index contributed by atoms with van der Waals surface area (Å²) in [6.45, 7) is 3.78. The van der Waals surface area contributed by atoms with E-state index < -0.39 is 0 Å². The first-order valence-electron chi connectivity index (χ1n) is 7.52. The SMILES string of the molecule is CC(C)NC(=O)c1noc2c1CC(NC(=O)c1cscn1)CC2. The summed E-state index contributed by atoms with van der Waals surface area (Å²) >= 11 is 1.38. The van der Waals surface area contributed by atoms with Crippen LogP contribution in [-0.2, 0) is 12.8 Å². The fourth-order valence-electron chi connectivity index (χ4n) is 2.62. The average Bonchev–Trinajstić information content (AvgIpc) is 3.15. The summed E-state index contributed by atoms with van der Waals surface area (Å²) in [5, 5.41) is 11.4. The Morgan fingerprint density at radius 3 is 2.91 bits per heavy atom. The highest BCUT2D eigenvalue weighted by atomic mass is 32.1. The lowest BCUT2D eigenvalue weighted by atomic mass is 9.91. The van der Waals surface area contributed by atoms with Gasteiger partial charge >= 0.3 is 0 Å². The van der Waals surface area contributed by atoms with E-state index in [0.29, 0.717) is 24.2 Å². The molecule has 8 heteroatoms. The van der Waals surface area contributed by atoms with Crippen LogP contribution in [0.15, 0.2) is 15.4 Å². The van der Waals surface area contributed by atoms with Crippen molar-refractivity contribution in [2.75, 3.05) is 0 Å². The van der Waals surface area contributed by atoms with Crippen molar-refractivity contribution in [3.8, 4) is 0 Å². The summed E-state index contributed by atoms with van der Waals surface area (Å²) in [5.41, 5.74) is 3.16. The molecule has 2 amide bonds. The van der Waals surface area contributed by atoms with Crippen LogP contribution in [0.1, 0.15) is 52.6 Å². The minimum Gasteiger partial charge on any atom is -0.360 e. The van der Waals surface area contributed by atoms with Crippen molar-refractivity contribution in [2.45, 2.75) is 45.2 Å². The van der Waals surface area contributed by atoms with Gasteiger partial charge in [-0.05, 0) is 26.7 Å². The van der Waals surface area contributed by atoms with Crippen molar-refractivity contribution in [3.63, 3.8) is 0 Å². The zero-order valence-corrected chi connectivity index (χ0v) is 13.8. The molecule has 1 atom stereocenters. The second-order valence-electron chi connectivity index (χ2n) is 5.85. The average molecular weight is 334 g/mol. The van der Waals surface area contributed by atoms with Crippen LogP contribution in [0, 0.1) is 0 Å². The van der Waals surface area contributed by atoms with Gasteiger partial charge in [0.25, 0.3) is 11.8 Å². The molecule has 1 unspecified atom stereocenters. The predicted molar refractivity (Wildman–Crippen MR) is 84.5 cm³/mol. The number of aryl methyl sites for hydroxylation is 1. The van der Waals surface area contributed by atoms with Gasteiger partial charge < -0.3 is 15.2 Å². The number of hydrogen-bond donors (Lipinski definition) is 2. The summed E-state index contributed by atoms with van der Waals surface area (Å²) in [6, 6.07) is -0.0275. The van der Waals surface area contributed by atoms with E-state index in [2.05, 4.69) is 20.8 Å². The van der Waals surface area contributed by atoms with Gasteiger partial charge in [0, 0.05) is 29.4 Å².